The number of carbonyl (C=O) groups excluding carboxylic acids is 1. The fraction of sp³-hybridized carbons (Fsp3) is 0.412. The van der Waals surface area contributed by atoms with E-state index in [2.05, 4.69) is 5.32 Å². The van der Waals surface area contributed by atoms with Crippen molar-refractivity contribution in [1.82, 2.24) is 5.32 Å². The normalized spacial score (nSPS) is 18.7. The summed E-state index contributed by atoms with van der Waals surface area (Å²) < 4.78 is 5.68. The minimum atomic E-state index is -1.03. The topological polar surface area (TPSA) is 75.6 Å². The number of aliphatic carboxylic acids is 1. The average molecular weight is 303 g/mol. The van der Waals surface area contributed by atoms with E-state index in [1.54, 1.807) is 12.2 Å². The van der Waals surface area contributed by atoms with Crippen molar-refractivity contribution in [3.8, 4) is 0 Å². The van der Waals surface area contributed by atoms with Gasteiger partial charge in [-0.25, -0.2) is 4.79 Å². The molecular formula is C17H21NO4. The standard InChI is InChI=1S/C17H21NO4/c1-2-3-8-14(17(20)21)18-16(19)11-15-13-7-5-4-6-12(13)9-10-22-15/h2-7,14-15H,8-11H2,1H3,(H,18,19)(H,20,21)/b3-2+. The van der Waals surface area contributed by atoms with Gasteiger partial charge in [-0.2, -0.15) is 0 Å². The lowest BCUT2D eigenvalue weighted by atomic mass is 9.95. The predicted octanol–water partition coefficient (Wildman–Crippen LogP) is 2.23. The molecule has 0 radical (unpaired) electrons. The van der Waals surface area contributed by atoms with Gasteiger partial charge in [-0.3, -0.25) is 4.79 Å². The van der Waals surface area contributed by atoms with Gasteiger partial charge < -0.3 is 15.2 Å². The zero-order valence-corrected chi connectivity index (χ0v) is 12.6. The van der Waals surface area contributed by atoms with E-state index >= 15 is 0 Å². The third-order valence-corrected chi connectivity index (χ3v) is 3.70. The van der Waals surface area contributed by atoms with Crippen molar-refractivity contribution < 1.29 is 19.4 Å². The number of allylic oxidation sites excluding steroid dienone is 1. The third kappa shape index (κ3) is 4.18. The molecule has 2 N–H and O–H groups in total. The highest BCUT2D eigenvalue weighted by atomic mass is 16.5. The zero-order chi connectivity index (χ0) is 15.9. The molecule has 1 aliphatic heterocycles. The van der Waals surface area contributed by atoms with Crippen LogP contribution in [0.2, 0.25) is 0 Å². The lowest BCUT2D eigenvalue weighted by Crippen LogP contribution is -2.41. The van der Waals surface area contributed by atoms with Crippen molar-refractivity contribution in [2.24, 2.45) is 0 Å². The highest BCUT2D eigenvalue weighted by Gasteiger charge is 2.25. The number of carbonyl (C=O) groups is 2. The molecule has 5 nitrogen and oxygen atoms in total. The van der Waals surface area contributed by atoms with Gasteiger partial charge in [0, 0.05) is 0 Å². The first kappa shape index (κ1) is 16.2. The van der Waals surface area contributed by atoms with Gasteiger partial charge in [0.2, 0.25) is 5.91 Å². The van der Waals surface area contributed by atoms with Crippen LogP contribution in [0, 0.1) is 0 Å². The van der Waals surface area contributed by atoms with Gasteiger partial charge in [-0.05, 0) is 30.9 Å². The fourth-order valence-electron chi connectivity index (χ4n) is 2.56. The fourth-order valence-corrected chi connectivity index (χ4v) is 2.56. The second-order valence-corrected chi connectivity index (χ2v) is 5.28. The molecule has 0 aromatic heterocycles. The molecule has 5 heteroatoms. The molecule has 1 aromatic rings. The summed E-state index contributed by atoms with van der Waals surface area (Å²) in [6.45, 7) is 2.39. The number of ether oxygens (including phenoxy) is 1. The summed E-state index contributed by atoms with van der Waals surface area (Å²) in [6, 6.07) is 6.99. The summed E-state index contributed by atoms with van der Waals surface area (Å²) in [5.74, 6) is -1.34. The summed E-state index contributed by atoms with van der Waals surface area (Å²) in [4.78, 5) is 23.3. The quantitative estimate of drug-likeness (QED) is 0.790. The Bertz CT molecular complexity index is 568. The molecule has 1 aromatic carbocycles. The summed E-state index contributed by atoms with van der Waals surface area (Å²) in [5.41, 5.74) is 2.21. The number of rotatable bonds is 6. The van der Waals surface area contributed by atoms with Crippen molar-refractivity contribution >= 4 is 11.9 Å². The number of carboxylic acid groups (broad SMARTS) is 1. The Hall–Kier alpha value is -2.14. The maximum absolute atomic E-state index is 12.1. The molecule has 0 fully saturated rings. The molecule has 1 heterocycles. The highest BCUT2D eigenvalue weighted by Crippen LogP contribution is 2.29. The van der Waals surface area contributed by atoms with Gasteiger partial charge in [0.1, 0.15) is 6.04 Å². The van der Waals surface area contributed by atoms with Gasteiger partial charge in [0.25, 0.3) is 0 Å². The molecule has 0 saturated carbocycles. The molecule has 0 bridgehead atoms. The van der Waals surface area contributed by atoms with Crippen LogP contribution in [0.15, 0.2) is 36.4 Å². The minimum Gasteiger partial charge on any atom is -0.480 e. The maximum Gasteiger partial charge on any atom is 0.326 e. The van der Waals surface area contributed by atoms with Crippen LogP contribution in [-0.4, -0.2) is 29.6 Å². The summed E-state index contributed by atoms with van der Waals surface area (Å²) in [6.07, 6.45) is 4.44. The molecule has 0 saturated heterocycles. The molecule has 2 rings (SSSR count). The van der Waals surface area contributed by atoms with Crippen LogP contribution < -0.4 is 5.32 Å². The van der Waals surface area contributed by atoms with E-state index in [9.17, 15) is 9.59 Å². The van der Waals surface area contributed by atoms with Crippen LogP contribution in [0.3, 0.4) is 0 Å². The van der Waals surface area contributed by atoms with Crippen molar-refractivity contribution in [1.29, 1.82) is 0 Å². The number of nitrogens with one attached hydrogen (secondary N) is 1. The van der Waals surface area contributed by atoms with Crippen LogP contribution in [0.5, 0.6) is 0 Å². The monoisotopic (exact) mass is 303 g/mol. The Labute approximate surface area is 130 Å². The van der Waals surface area contributed by atoms with Crippen molar-refractivity contribution in [3.05, 3.63) is 47.5 Å². The van der Waals surface area contributed by atoms with Crippen molar-refractivity contribution in [3.63, 3.8) is 0 Å². The zero-order valence-electron chi connectivity index (χ0n) is 12.6. The van der Waals surface area contributed by atoms with Crippen LogP contribution in [-0.2, 0) is 20.7 Å². The molecule has 0 spiro atoms. The SMILES string of the molecule is C/C=C/CC(NC(=O)CC1OCCc2ccccc21)C(=O)O. The first-order chi connectivity index (χ1) is 10.6. The lowest BCUT2D eigenvalue weighted by molar-refractivity contribution is -0.142. The van der Waals surface area contributed by atoms with Gasteiger partial charge >= 0.3 is 5.97 Å². The molecule has 118 valence electrons. The molecular weight excluding hydrogens is 282 g/mol. The molecule has 2 unspecified atom stereocenters. The molecule has 22 heavy (non-hydrogen) atoms. The number of fused-ring (bicyclic) bond motifs is 1. The number of carboxylic acids is 1. The van der Waals surface area contributed by atoms with Crippen LogP contribution in [0.1, 0.15) is 37.0 Å². The molecule has 2 atom stereocenters. The van der Waals surface area contributed by atoms with E-state index in [1.165, 1.54) is 5.56 Å². The van der Waals surface area contributed by atoms with E-state index in [4.69, 9.17) is 9.84 Å². The smallest absolute Gasteiger partial charge is 0.326 e. The van der Waals surface area contributed by atoms with Crippen LogP contribution in [0.25, 0.3) is 0 Å². The van der Waals surface area contributed by atoms with E-state index in [1.807, 2.05) is 31.2 Å². The van der Waals surface area contributed by atoms with Gasteiger partial charge in [0.05, 0.1) is 19.1 Å². The molecule has 0 aliphatic carbocycles. The van der Waals surface area contributed by atoms with E-state index < -0.39 is 12.0 Å². The Morgan fingerprint density at radius 3 is 2.95 bits per heavy atom. The summed E-state index contributed by atoms with van der Waals surface area (Å²) in [5, 5.41) is 11.7. The first-order valence-electron chi connectivity index (χ1n) is 7.44. The second kappa shape index (κ2) is 7.75. The first-order valence-corrected chi connectivity index (χ1v) is 7.44. The van der Waals surface area contributed by atoms with E-state index in [-0.39, 0.29) is 24.9 Å². The number of amides is 1. The van der Waals surface area contributed by atoms with Crippen LogP contribution >= 0.6 is 0 Å². The van der Waals surface area contributed by atoms with E-state index in [0.29, 0.717) is 6.61 Å². The Balaban J connectivity index is 1.99. The van der Waals surface area contributed by atoms with Gasteiger partial charge in [-0.15, -0.1) is 0 Å². The maximum atomic E-state index is 12.1. The summed E-state index contributed by atoms with van der Waals surface area (Å²) in [7, 11) is 0. The van der Waals surface area contributed by atoms with Crippen molar-refractivity contribution in [2.45, 2.75) is 38.3 Å². The predicted molar refractivity (Wildman–Crippen MR) is 82.5 cm³/mol. The Kier molecular flexibility index (Phi) is 5.72. The van der Waals surface area contributed by atoms with Crippen molar-refractivity contribution in [2.75, 3.05) is 6.61 Å². The Morgan fingerprint density at radius 1 is 1.45 bits per heavy atom. The number of benzene rings is 1. The average Bonchev–Trinajstić information content (AvgIpc) is 2.51. The molecule has 1 amide bonds. The largest absolute Gasteiger partial charge is 0.480 e. The number of hydrogen-bond acceptors (Lipinski definition) is 3. The lowest BCUT2D eigenvalue weighted by Gasteiger charge is -2.26. The van der Waals surface area contributed by atoms with E-state index in [0.717, 1.165) is 12.0 Å². The highest BCUT2D eigenvalue weighted by molar-refractivity contribution is 5.84. The van der Waals surface area contributed by atoms with Crippen LogP contribution in [0.4, 0.5) is 0 Å². The third-order valence-electron chi connectivity index (χ3n) is 3.70. The molecule has 1 aliphatic rings. The second-order valence-electron chi connectivity index (χ2n) is 5.28. The van der Waals surface area contributed by atoms with Gasteiger partial charge in [-0.1, -0.05) is 36.4 Å². The number of hydrogen-bond donors (Lipinski definition) is 2. The summed E-state index contributed by atoms with van der Waals surface area (Å²) >= 11 is 0. The van der Waals surface area contributed by atoms with Gasteiger partial charge in [0.15, 0.2) is 0 Å². The Morgan fingerprint density at radius 2 is 2.23 bits per heavy atom. The minimum absolute atomic E-state index is 0.136.